The summed E-state index contributed by atoms with van der Waals surface area (Å²) in [7, 11) is -3.91. The fourth-order valence-electron chi connectivity index (χ4n) is 4.92. The number of hydrogen-bond acceptors (Lipinski definition) is 10. The predicted molar refractivity (Wildman–Crippen MR) is 202 cm³/mol. The van der Waals surface area contributed by atoms with Gasteiger partial charge >= 0.3 is 0 Å². The number of nitrogens with one attached hydrogen (secondary N) is 2. The molecular formula is C34H28N6O4S5. The van der Waals surface area contributed by atoms with Crippen LogP contribution in [-0.4, -0.2) is 29.4 Å². The lowest BCUT2D eigenvalue weighted by Gasteiger charge is -2.10. The number of carbonyl (C=O) groups is 2. The second kappa shape index (κ2) is 13.5. The first-order valence-corrected chi connectivity index (χ1v) is 18.5. The first-order valence-electron chi connectivity index (χ1n) is 14.6. The summed E-state index contributed by atoms with van der Waals surface area (Å²) in [6, 6.07) is 26.8. The van der Waals surface area contributed by atoms with Gasteiger partial charge in [0, 0.05) is 22.7 Å². The highest BCUT2D eigenvalue weighted by Crippen LogP contribution is 2.30. The summed E-state index contributed by atoms with van der Waals surface area (Å²) in [5, 5.41) is 5.52. The number of nitrogen functional groups attached to an aromatic ring is 2. The van der Waals surface area contributed by atoms with Gasteiger partial charge < -0.3 is 22.1 Å². The number of carbonyl (C=O) groups excluding carboxylic acids is 2. The molecule has 49 heavy (non-hydrogen) atoms. The first kappa shape index (κ1) is 34.0. The van der Waals surface area contributed by atoms with Crippen LogP contribution in [0.2, 0.25) is 0 Å². The van der Waals surface area contributed by atoms with Crippen molar-refractivity contribution in [1.82, 2.24) is 9.13 Å². The molecular weight excluding hydrogens is 717 g/mol. The van der Waals surface area contributed by atoms with Gasteiger partial charge in [-0.15, -0.1) is 0 Å². The average molecular weight is 745 g/mol. The molecule has 0 saturated heterocycles. The van der Waals surface area contributed by atoms with Crippen molar-refractivity contribution < 1.29 is 18.0 Å². The molecule has 0 aliphatic heterocycles. The van der Waals surface area contributed by atoms with Crippen LogP contribution in [0.5, 0.6) is 0 Å². The van der Waals surface area contributed by atoms with Crippen molar-refractivity contribution in [3.63, 3.8) is 0 Å². The van der Waals surface area contributed by atoms with E-state index in [2.05, 4.69) is 10.6 Å². The number of thiazole rings is 2. The third-order valence-corrected chi connectivity index (χ3v) is 12.1. The van der Waals surface area contributed by atoms with E-state index in [1.165, 1.54) is 48.5 Å². The molecule has 2 amide bonds. The number of nitrogens with two attached hydrogens (primary N) is 2. The van der Waals surface area contributed by atoms with Gasteiger partial charge in [0.05, 0.1) is 9.79 Å². The quantitative estimate of drug-likeness (QED) is 0.115. The summed E-state index contributed by atoms with van der Waals surface area (Å²) in [4.78, 5) is 26.7. The van der Waals surface area contributed by atoms with Crippen LogP contribution in [-0.2, 0) is 9.84 Å². The van der Waals surface area contributed by atoms with Crippen molar-refractivity contribution in [2.45, 2.75) is 23.6 Å². The Morgan fingerprint density at radius 2 is 0.918 bits per heavy atom. The SMILES string of the molecule is Cc1ccc(-n2c(N)c(C(=O)Nc3ccc(S(=O)(=O)c4ccc(NC(=O)c5sc(=S)n(-c6ccc(C)cc6)c5N)cc4)cc3)sc2=S)cc1. The molecule has 0 spiro atoms. The summed E-state index contributed by atoms with van der Waals surface area (Å²) >= 11 is 13.1. The van der Waals surface area contributed by atoms with E-state index < -0.39 is 21.7 Å². The van der Waals surface area contributed by atoms with E-state index in [9.17, 15) is 18.0 Å². The Balaban J connectivity index is 1.13. The number of sulfone groups is 1. The van der Waals surface area contributed by atoms with Crippen LogP contribution in [0.15, 0.2) is 107 Å². The Hall–Kier alpha value is -4.93. The molecule has 15 heteroatoms. The van der Waals surface area contributed by atoms with Gasteiger partial charge in [0.2, 0.25) is 9.84 Å². The molecule has 0 unspecified atom stereocenters. The Labute approximate surface area is 300 Å². The fraction of sp³-hybridized carbons (Fsp3) is 0.0588. The highest BCUT2D eigenvalue weighted by atomic mass is 32.2. The fourth-order valence-corrected chi connectivity index (χ4v) is 8.71. The number of amides is 2. The Bertz CT molecular complexity index is 2280. The number of nitrogens with zero attached hydrogens (tertiary/aromatic N) is 2. The molecule has 4 aromatic carbocycles. The lowest BCUT2D eigenvalue weighted by atomic mass is 10.2. The maximum atomic E-state index is 13.4. The maximum Gasteiger partial charge on any atom is 0.269 e. The third kappa shape index (κ3) is 6.84. The summed E-state index contributed by atoms with van der Waals surface area (Å²) in [5.41, 5.74) is 17.0. The summed E-state index contributed by atoms with van der Waals surface area (Å²) in [6.45, 7) is 3.94. The van der Waals surface area contributed by atoms with Gasteiger partial charge in [0.15, 0.2) is 7.91 Å². The van der Waals surface area contributed by atoms with Crippen molar-refractivity contribution in [2.24, 2.45) is 0 Å². The van der Waals surface area contributed by atoms with Gasteiger partial charge in [-0.25, -0.2) is 8.42 Å². The van der Waals surface area contributed by atoms with Gasteiger partial charge in [-0.05, 0) is 111 Å². The Morgan fingerprint density at radius 3 is 1.24 bits per heavy atom. The van der Waals surface area contributed by atoms with Crippen LogP contribution in [0, 0.1) is 21.8 Å². The molecule has 10 nitrogen and oxygen atoms in total. The zero-order chi connectivity index (χ0) is 35.0. The molecule has 0 aliphatic rings. The third-order valence-electron chi connectivity index (χ3n) is 7.53. The molecule has 6 rings (SSSR count). The minimum Gasteiger partial charge on any atom is -0.383 e. The zero-order valence-corrected chi connectivity index (χ0v) is 30.0. The van der Waals surface area contributed by atoms with E-state index in [4.69, 9.17) is 35.9 Å². The molecule has 0 radical (unpaired) electrons. The van der Waals surface area contributed by atoms with Crippen molar-refractivity contribution in [1.29, 1.82) is 0 Å². The molecule has 6 N–H and O–H groups in total. The molecule has 2 aromatic heterocycles. The summed E-state index contributed by atoms with van der Waals surface area (Å²) in [5.74, 6) is -0.507. The molecule has 0 saturated carbocycles. The lowest BCUT2D eigenvalue weighted by Crippen LogP contribution is -2.14. The molecule has 0 fully saturated rings. The van der Waals surface area contributed by atoms with E-state index in [1.807, 2.05) is 62.4 Å². The first-order chi connectivity index (χ1) is 23.3. The molecule has 0 atom stereocenters. The van der Waals surface area contributed by atoms with E-state index in [-0.39, 0.29) is 31.2 Å². The van der Waals surface area contributed by atoms with E-state index >= 15 is 0 Å². The molecule has 6 aromatic rings. The van der Waals surface area contributed by atoms with E-state index in [0.717, 1.165) is 45.2 Å². The number of anilines is 4. The van der Waals surface area contributed by atoms with Crippen molar-refractivity contribution >= 4 is 91.8 Å². The van der Waals surface area contributed by atoms with Gasteiger partial charge in [0.25, 0.3) is 11.8 Å². The Morgan fingerprint density at radius 1 is 0.592 bits per heavy atom. The summed E-state index contributed by atoms with van der Waals surface area (Å²) in [6.07, 6.45) is 0. The van der Waals surface area contributed by atoms with Crippen molar-refractivity contribution in [2.75, 3.05) is 22.1 Å². The molecule has 2 heterocycles. The van der Waals surface area contributed by atoms with E-state index in [1.54, 1.807) is 9.13 Å². The smallest absolute Gasteiger partial charge is 0.269 e. The number of rotatable bonds is 8. The van der Waals surface area contributed by atoms with Crippen LogP contribution >= 0.6 is 47.1 Å². The monoisotopic (exact) mass is 744 g/mol. The standard InChI is InChI=1S/C34H28N6O4S5/c1-19-3-11-23(12-4-19)39-29(35)27(47-33(39)45)31(41)37-21-7-15-25(16-8-21)49(43,44)26-17-9-22(10-18-26)38-32(42)28-30(36)40(34(46)48-28)24-13-5-20(2)6-14-24/h3-18H,35-36H2,1-2H3,(H,37,41)(H,38,42). The van der Waals surface area contributed by atoms with E-state index in [0.29, 0.717) is 19.3 Å². The largest absolute Gasteiger partial charge is 0.383 e. The number of benzene rings is 4. The van der Waals surface area contributed by atoms with Crippen LogP contribution in [0.1, 0.15) is 30.5 Å². The van der Waals surface area contributed by atoms with Crippen LogP contribution in [0.3, 0.4) is 0 Å². The number of hydrogen-bond donors (Lipinski definition) is 4. The summed E-state index contributed by atoms with van der Waals surface area (Å²) < 4.78 is 30.9. The minimum atomic E-state index is -3.91. The second-order valence-electron chi connectivity index (χ2n) is 11.0. The Kier molecular flexibility index (Phi) is 9.37. The maximum absolute atomic E-state index is 13.4. The van der Waals surface area contributed by atoms with Crippen molar-refractivity contribution in [3.8, 4) is 11.4 Å². The minimum absolute atomic E-state index is 0.0213. The highest BCUT2D eigenvalue weighted by molar-refractivity contribution is 7.91. The van der Waals surface area contributed by atoms with Gasteiger partial charge in [-0.1, -0.05) is 58.1 Å². The predicted octanol–water partition coefficient (Wildman–Crippen LogP) is 7.97. The van der Waals surface area contributed by atoms with Gasteiger partial charge in [-0.2, -0.15) is 0 Å². The van der Waals surface area contributed by atoms with Gasteiger partial charge in [0.1, 0.15) is 21.4 Å². The lowest BCUT2D eigenvalue weighted by molar-refractivity contribution is 0.102. The van der Waals surface area contributed by atoms with Crippen LogP contribution < -0.4 is 22.1 Å². The number of aromatic nitrogens is 2. The second-order valence-corrected chi connectivity index (χ2v) is 16.2. The van der Waals surface area contributed by atoms with Crippen LogP contribution in [0.25, 0.3) is 11.4 Å². The van der Waals surface area contributed by atoms with Gasteiger partial charge in [-0.3, -0.25) is 18.7 Å². The molecule has 248 valence electrons. The zero-order valence-electron chi connectivity index (χ0n) is 26.0. The molecule has 0 aliphatic carbocycles. The molecule has 0 bridgehead atoms. The van der Waals surface area contributed by atoms with Crippen molar-refractivity contribution in [3.05, 3.63) is 126 Å². The highest BCUT2D eigenvalue weighted by Gasteiger charge is 2.22. The normalized spacial score (nSPS) is 11.3. The van der Waals surface area contributed by atoms with Crippen LogP contribution in [0.4, 0.5) is 23.0 Å². The number of aryl methyl sites for hydroxylation is 2. The topological polar surface area (TPSA) is 154 Å². The average Bonchev–Trinajstić information content (AvgIpc) is 3.55.